The predicted octanol–water partition coefficient (Wildman–Crippen LogP) is 3.21. The summed E-state index contributed by atoms with van der Waals surface area (Å²) in [6.07, 6.45) is 7.31. The third-order valence-electron chi connectivity index (χ3n) is 4.63. The van der Waals surface area contributed by atoms with Gasteiger partial charge in [0.15, 0.2) is 0 Å². The highest BCUT2D eigenvalue weighted by Gasteiger charge is 2.27. The van der Waals surface area contributed by atoms with Gasteiger partial charge in [0.1, 0.15) is 36.0 Å². The Balaban J connectivity index is 1.72. The van der Waals surface area contributed by atoms with Gasteiger partial charge in [0.05, 0.1) is 14.2 Å². The third kappa shape index (κ3) is 3.08. The third-order valence-corrected chi connectivity index (χ3v) is 4.63. The van der Waals surface area contributed by atoms with Gasteiger partial charge < -0.3 is 19.3 Å². The van der Waals surface area contributed by atoms with Crippen LogP contribution in [0.1, 0.15) is 11.7 Å². The summed E-state index contributed by atoms with van der Waals surface area (Å²) < 4.78 is 12.7. The van der Waals surface area contributed by atoms with Crippen molar-refractivity contribution in [3.8, 4) is 17.2 Å². The number of hydrogen-bond acceptors (Lipinski definition) is 6. The number of ether oxygens (including phenoxy) is 2. The monoisotopic (exact) mass is 363 g/mol. The molecule has 0 saturated carbocycles. The van der Waals surface area contributed by atoms with Crippen LogP contribution in [0.5, 0.6) is 11.5 Å². The van der Waals surface area contributed by atoms with Crippen molar-refractivity contribution in [1.29, 1.82) is 0 Å². The largest absolute Gasteiger partial charge is 0.497 e. The molecular formula is C20H21N5O2. The first-order chi connectivity index (χ1) is 13.2. The van der Waals surface area contributed by atoms with Gasteiger partial charge in [-0.25, -0.2) is 9.67 Å². The van der Waals surface area contributed by atoms with Crippen LogP contribution in [-0.2, 0) is 0 Å². The minimum atomic E-state index is 0.0297. The molecule has 0 fully saturated rings. The van der Waals surface area contributed by atoms with Crippen LogP contribution in [-0.4, -0.2) is 40.9 Å². The van der Waals surface area contributed by atoms with E-state index in [9.17, 15) is 0 Å². The number of hydrogen-bond donors (Lipinski definition) is 0. The Kier molecular flexibility index (Phi) is 4.42. The normalized spacial score (nSPS) is 16.0. The Morgan fingerprint density at radius 3 is 2.63 bits per heavy atom. The fraction of sp³-hybridized carbons (Fsp3) is 0.200. The van der Waals surface area contributed by atoms with E-state index >= 15 is 0 Å². The Bertz CT molecular complexity index is 955. The molecule has 1 unspecified atom stereocenters. The summed E-state index contributed by atoms with van der Waals surface area (Å²) in [6, 6.07) is 14.2. The van der Waals surface area contributed by atoms with Crippen molar-refractivity contribution < 1.29 is 9.47 Å². The maximum Gasteiger partial charge on any atom is 0.146 e. The molecule has 0 saturated heterocycles. The molecule has 1 aliphatic rings. The van der Waals surface area contributed by atoms with Crippen molar-refractivity contribution in [2.75, 3.05) is 26.2 Å². The maximum absolute atomic E-state index is 5.60. The van der Waals surface area contributed by atoms with E-state index in [1.165, 1.54) is 6.33 Å². The van der Waals surface area contributed by atoms with Crippen LogP contribution < -0.4 is 14.4 Å². The number of nitrogens with zero attached hydrogens (tertiary/aromatic N) is 5. The number of aromatic nitrogens is 3. The second-order valence-electron chi connectivity index (χ2n) is 6.22. The molecule has 27 heavy (non-hydrogen) atoms. The lowest BCUT2D eigenvalue weighted by Gasteiger charge is -2.31. The molecule has 2 heterocycles. The molecule has 4 rings (SSSR count). The zero-order chi connectivity index (χ0) is 18.8. The lowest BCUT2D eigenvalue weighted by molar-refractivity contribution is 0.364. The van der Waals surface area contributed by atoms with Crippen LogP contribution in [0, 0.1) is 0 Å². The summed E-state index contributed by atoms with van der Waals surface area (Å²) in [6.45, 7) is 0. The van der Waals surface area contributed by atoms with Gasteiger partial charge in [-0.05, 0) is 29.8 Å². The SMILES string of the molecule is COc1cccc(C2N(C)C=CN2c2ccc(-n3cncn3)c(OC)c2)c1. The Hall–Kier alpha value is -3.48. The van der Waals surface area contributed by atoms with E-state index in [1.807, 2.05) is 24.3 Å². The second-order valence-corrected chi connectivity index (χ2v) is 6.22. The summed E-state index contributed by atoms with van der Waals surface area (Å²) >= 11 is 0. The molecule has 2 aromatic carbocycles. The summed E-state index contributed by atoms with van der Waals surface area (Å²) in [5.41, 5.74) is 3.00. The van der Waals surface area contributed by atoms with E-state index in [2.05, 4.69) is 57.5 Å². The van der Waals surface area contributed by atoms with Crippen LogP contribution in [0.2, 0.25) is 0 Å². The van der Waals surface area contributed by atoms with E-state index in [4.69, 9.17) is 9.47 Å². The van der Waals surface area contributed by atoms with E-state index in [0.29, 0.717) is 0 Å². The first-order valence-corrected chi connectivity index (χ1v) is 8.57. The standard InChI is InChI=1S/C20H21N5O2/c1-23-9-10-24(20(23)15-5-4-6-17(11-15)26-2)16-7-8-18(19(12-16)27-3)25-14-21-13-22-25/h4-14,20H,1-3H3. The highest BCUT2D eigenvalue weighted by Crippen LogP contribution is 2.37. The van der Waals surface area contributed by atoms with Gasteiger partial charge in [0.25, 0.3) is 0 Å². The molecule has 1 atom stereocenters. The van der Waals surface area contributed by atoms with Gasteiger partial charge in [0.2, 0.25) is 0 Å². The van der Waals surface area contributed by atoms with E-state index in [0.717, 1.165) is 28.4 Å². The topological polar surface area (TPSA) is 55.7 Å². The molecule has 0 bridgehead atoms. The molecule has 7 nitrogen and oxygen atoms in total. The van der Waals surface area contributed by atoms with Crippen molar-refractivity contribution >= 4 is 5.69 Å². The van der Waals surface area contributed by atoms with Crippen molar-refractivity contribution in [3.05, 3.63) is 73.1 Å². The molecule has 3 aromatic rings. The number of anilines is 1. The highest BCUT2D eigenvalue weighted by atomic mass is 16.5. The van der Waals surface area contributed by atoms with Crippen LogP contribution in [0.4, 0.5) is 5.69 Å². The molecule has 0 radical (unpaired) electrons. The Morgan fingerprint density at radius 2 is 1.89 bits per heavy atom. The maximum atomic E-state index is 5.60. The highest BCUT2D eigenvalue weighted by molar-refractivity contribution is 5.62. The molecule has 7 heteroatoms. The fourth-order valence-electron chi connectivity index (χ4n) is 3.31. The summed E-state index contributed by atoms with van der Waals surface area (Å²) in [4.78, 5) is 8.36. The van der Waals surface area contributed by atoms with Crippen molar-refractivity contribution in [2.24, 2.45) is 0 Å². The molecule has 0 aliphatic carbocycles. The van der Waals surface area contributed by atoms with Gasteiger partial charge in [-0.3, -0.25) is 0 Å². The second kappa shape index (κ2) is 7.03. The summed E-state index contributed by atoms with van der Waals surface area (Å²) in [5.74, 6) is 1.57. The van der Waals surface area contributed by atoms with Crippen molar-refractivity contribution in [1.82, 2.24) is 19.7 Å². The van der Waals surface area contributed by atoms with Gasteiger partial charge in [0, 0.05) is 31.2 Å². The average Bonchev–Trinajstić information content (AvgIpc) is 3.37. The summed E-state index contributed by atoms with van der Waals surface area (Å²) in [5, 5.41) is 4.19. The minimum Gasteiger partial charge on any atom is -0.497 e. The Labute approximate surface area is 158 Å². The predicted molar refractivity (Wildman–Crippen MR) is 103 cm³/mol. The van der Waals surface area contributed by atoms with Gasteiger partial charge in [-0.1, -0.05) is 12.1 Å². The van der Waals surface area contributed by atoms with Crippen molar-refractivity contribution in [3.63, 3.8) is 0 Å². The first-order valence-electron chi connectivity index (χ1n) is 8.57. The number of benzene rings is 2. The molecule has 0 spiro atoms. The van der Waals surface area contributed by atoms with E-state index in [-0.39, 0.29) is 6.17 Å². The lowest BCUT2D eigenvalue weighted by Crippen LogP contribution is -2.28. The average molecular weight is 363 g/mol. The zero-order valence-electron chi connectivity index (χ0n) is 15.5. The lowest BCUT2D eigenvalue weighted by atomic mass is 10.1. The first kappa shape index (κ1) is 17.0. The van der Waals surface area contributed by atoms with E-state index in [1.54, 1.807) is 25.2 Å². The summed E-state index contributed by atoms with van der Waals surface area (Å²) in [7, 11) is 5.40. The Morgan fingerprint density at radius 1 is 1.00 bits per heavy atom. The fourth-order valence-corrected chi connectivity index (χ4v) is 3.31. The molecule has 1 aliphatic heterocycles. The van der Waals surface area contributed by atoms with Gasteiger partial charge in [-0.15, -0.1) is 0 Å². The minimum absolute atomic E-state index is 0.0297. The van der Waals surface area contributed by atoms with Gasteiger partial charge in [-0.2, -0.15) is 5.10 Å². The van der Waals surface area contributed by atoms with Crippen molar-refractivity contribution in [2.45, 2.75) is 6.17 Å². The van der Waals surface area contributed by atoms with Gasteiger partial charge >= 0.3 is 0 Å². The van der Waals surface area contributed by atoms with Crippen LogP contribution in [0.25, 0.3) is 5.69 Å². The van der Waals surface area contributed by atoms with Crippen LogP contribution in [0.3, 0.4) is 0 Å². The smallest absolute Gasteiger partial charge is 0.146 e. The van der Waals surface area contributed by atoms with Crippen LogP contribution in [0.15, 0.2) is 67.5 Å². The van der Waals surface area contributed by atoms with E-state index < -0.39 is 0 Å². The zero-order valence-corrected chi connectivity index (χ0v) is 15.5. The molecule has 1 aromatic heterocycles. The molecular weight excluding hydrogens is 342 g/mol. The molecule has 0 N–H and O–H groups in total. The molecule has 138 valence electrons. The quantitative estimate of drug-likeness (QED) is 0.694. The number of methoxy groups -OCH3 is 2. The number of rotatable bonds is 5. The van der Waals surface area contributed by atoms with Crippen LogP contribution >= 0.6 is 0 Å². The molecule has 0 amide bonds.